The van der Waals surface area contributed by atoms with E-state index in [9.17, 15) is 18.0 Å². The molecule has 0 aliphatic heterocycles. The van der Waals surface area contributed by atoms with E-state index in [1.165, 1.54) is 38.1 Å². The molecule has 0 saturated carbocycles. The third-order valence-corrected chi connectivity index (χ3v) is 3.37. The summed E-state index contributed by atoms with van der Waals surface area (Å²) < 4.78 is 22.6. The summed E-state index contributed by atoms with van der Waals surface area (Å²) in [5.41, 5.74) is -0.0394. The predicted molar refractivity (Wildman–Crippen MR) is 63.3 cm³/mol. The highest BCUT2D eigenvalue weighted by Gasteiger charge is 2.24. The fourth-order valence-electron chi connectivity index (χ4n) is 1.41. The SMILES string of the molecule is CC(=O)N(C(C)=O)c1ccccc1S(=O)(=O)Cl. The zero-order valence-electron chi connectivity index (χ0n) is 9.18. The van der Waals surface area contributed by atoms with Gasteiger partial charge in [-0.05, 0) is 12.1 Å². The average Bonchev–Trinajstić information content (AvgIpc) is 2.15. The number of anilines is 1. The van der Waals surface area contributed by atoms with Gasteiger partial charge in [0.1, 0.15) is 4.90 Å². The number of halogens is 1. The van der Waals surface area contributed by atoms with Crippen LogP contribution in [0.2, 0.25) is 0 Å². The molecule has 1 aromatic carbocycles. The number of rotatable bonds is 2. The van der Waals surface area contributed by atoms with Gasteiger partial charge in [0.25, 0.3) is 9.05 Å². The fraction of sp³-hybridized carbons (Fsp3) is 0.200. The average molecular weight is 276 g/mol. The van der Waals surface area contributed by atoms with Crippen LogP contribution < -0.4 is 4.90 Å². The van der Waals surface area contributed by atoms with E-state index >= 15 is 0 Å². The number of para-hydroxylation sites is 1. The fourth-order valence-corrected chi connectivity index (χ4v) is 2.45. The third-order valence-electron chi connectivity index (χ3n) is 2.00. The Kier molecular flexibility index (Phi) is 3.90. The zero-order chi connectivity index (χ0) is 13.2. The minimum atomic E-state index is -4.02. The molecule has 2 amide bonds. The molecule has 0 spiro atoms. The Morgan fingerprint density at radius 3 is 2.00 bits per heavy atom. The number of hydrogen-bond donors (Lipinski definition) is 0. The molecule has 0 bridgehead atoms. The molecule has 1 aromatic rings. The largest absolute Gasteiger partial charge is 0.274 e. The topological polar surface area (TPSA) is 71.5 Å². The molecule has 0 saturated heterocycles. The molecule has 0 heterocycles. The quantitative estimate of drug-likeness (QED) is 0.767. The van der Waals surface area contributed by atoms with Crippen molar-refractivity contribution >= 4 is 37.2 Å². The Hall–Kier alpha value is -1.40. The van der Waals surface area contributed by atoms with Crippen molar-refractivity contribution < 1.29 is 18.0 Å². The van der Waals surface area contributed by atoms with Crippen LogP contribution in [0.3, 0.4) is 0 Å². The van der Waals surface area contributed by atoms with E-state index in [2.05, 4.69) is 0 Å². The van der Waals surface area contributed by atoms with Crippen LogP contribution in [-0.4, -0.2) is 20.2 Å². The Morgan fingerprint density at radius 2 is 1.59 bits per heavy atom. The molecule has 0 aromatic heterocycles. The summed E-state index contributed by atoms with van der Waals surface area (Å²) in [7, 11) is 1.22. The standard InChI is InChI=1S/C10H10ClNO4S/c1-7(13)12(8(2)14)9-5-3-4-6-10(9)17(11,15)16/h3-6H,1-2H3. The van der Waals surface area contributed by atoms with Gasteiger partial charge in [0.2, 0.25) is 11.8 Å². The number of imide groups is 1. The molecule has 0 fully saturated rings. The van der Waals surface area contributed by atoms with Crippen LogP contribution in [0.4, 0.5) is 5.69 Å². The Bertz CT molecular complexity index is 553. The van der Waals surface area contributed by atoms with Gasteiger partial charge in [-0.3, -0.25) is 9.59 Å². The molecule has 7 heteroatoms. The third kappa shape index (κ3) is 3.04. The van der Waals surface area contributed by atoms with Gasteiger partial charge in [-0.25, -0.2) is 13.3 Å². The molecule has 0 aliphatic carbocycles. The number of hydrogen-bond acceptors (Lipinski definition) is 4. The Morgan fingerprint density at radius 1 is 1.12 bits per heavy atom. The summed E-state index contributed by atoms with van der Waals surface area (Å²) in [6.45, 7) is 2.33. The summed E-state index contributed by atoms with van der Waals surface area (Å²) in [6, 6.07) is 5.55. The van der Waals surface area contributed by atoms with Gasteiger partial charge in [0, 0.05) is 24.5 Å². The molecule has 0 unspecified atom stereocenters. The van der Waals surface area contributed by atoms with Crippen molar-refractivity contribution in [1.82, 2.24) is 0 Å². The summed E-state index contributed by atoms with van der Waals surface area (Å²) >= 11 is 0. The van der Waals surface area contributed by atoms with Gasteiger partial charge in [-0.15, -0.1) is 0 Å². The van der Waals surface area contributed by atoms with Gasteiger partial charge in [0.15, 0.2) is 0 Å². The summed E-state index contributed by atoms with van der Waals surface area (Å²) in [6.07, 6.45) is 0. The van der Waals surface area contributed by atoms with Crippen LogP contribution >= 0.6 is 10.7 Å². The van der Waals surface area contributed by atoms with Crippen LogP contribution in [-0.2, 0) is 18.6 Å². The number of nitrogens with zero attached hydrogens (tertiary/aromatic N) is 1. The van der Waals surface area contributed by atoms with Gasteiger partial charge in [-0.1, -0.05) is 12.1 Å². The van der Waals surface area contributed by atoms with E-state index in [1.807, 2.05) is 0 Å². The molecule has 17 heavy (non-hydrogen) atoms. The van der Waals surface area contributed by atoms with E-state index in [4.69, 9.17) is 10.7 Å². The Balaban J connectivity index is 3.50. The second-order valence-electron chi connectivity index (χ2n) is 3.28. The van der Waals surface area contributed by atoms with Crippen LogP contribution in [0.1, 0.15) is 13.8 Å². The smallest absolute Gasteiger partial charge is 0.263 e. The second-order valence-corrected chi connectivity index (χ2v) is 5.81. The van der Waals surface area contributed by atoms with Crippen molar-refractivity contribution in [2.45, 2.75) is 18.7 Å². The highest BCUT2D eigenvalue weighted by Crippen LogP contribution is 2.27. The molecular weight excluding hydrogens is 266 g/mol. The molecule has 0 N–H and O–H groups in total. The Labute approximate surface area is 103 Å². The molecule has 0 radical (unpaired) electrons. The summed E-state index contributed by atoms with van der Waals surface area (Å²) in [5.74, 6) is -1.16. The van der Waals surface area contributed by atoms with Crippen molar-refractivity contribution in [3.8, 4) is 0 Å². The van der Waals surface area contributed by atoms with Crippen LogP contribution in [0.15, 0.2) is 29.2 Å². The van der Waals surface area contributed by atoms with Gasteiger partial charge >= 0.3 is 0 Å². The summed E-state index contributed by atoms with van der Waals surface area (Å²) in [5, 5.41) is 0. The number of benzene rings is 1. The maximum atomic E-state index is 11.3. The first kappa shape index (κ1) is 13.7. The summed E-state index contributed by atoms with van der Waals surface area (Å²) in [4.78, 5) is 23.2. The lowest BCUT2D eigenvalue weighted by Crippen LogP contribution is -2.33. The number of carbonyl (C=O) groups excluding carboxylic acids is 2. The van der Waals surface area contributed by atoms with Gasteiger partial charge < -0.3 is 0 Å². The monoisotopic (exact) mass is 275 g/mol. The van der Waals surface area contributed by atoms with Crippen molar-refractivity contribution in [3.63, 3.8) is 0 Å². The van der Waals surface area contributed by atoms with Crippen LogP contribution in [0.5, 0.6) is 0 Å². The van der Waals surface area contributed by atoms with Gasteiger partial charge in [0.05, 0.1) is 5.69 Å². The maximum absolute atomic E-state index is 11.3. The highest BCUT2D eigenvalue weighted by atomic mass is 35.7. The lowest BCUT2D eigenvalue weighted by Gasteiger charge is -2.19. The van der Waals surface area contributed by atoms with E-state index < -0.39 is 20.9 Å². The predicted octanol–water partition coefficient (Wildman–Crippen LogP) is 1.51. The van der Waals surface area contributed by atoms with E-state index in [0.717, 1.165) is 4.90 Å². The first-order valence-electron chi connectivity index (χ1n) is 4.60. The molecular formula is C10H10ClNO4S. The number of carbonyl (C=O) groups is 2. The van der Waals surface area contributed by atoms with E-state index in [0.29, 0.717) is 0 Å². The van der Waals surface area contributed by atoms with Crippen molar-refractivity contribution in [1.29, 1.82) is 0 Å². The zero-order valence-corrected chi connectivity index (χ0v) is 10.7. The van der Waals surface area contributed by atoms with Crippen molar-refractivity contribution in [2.24, 2.45) is 0 Å². The molecule has 0 atom stereocenters. The minimum absolute atomic E-state index is 0.0394. The minimum Gasteiger partial charge on any atom is -0.274 e. The highest BCUT2D eigenvalue weighted by molar-refractivity contribution is 8.13. The molecule has 5 nitrogen and oxygen atoms in total. The maximum Gasteiger partial charge on any atom is 0.263 e. The molecule has 0 aliphatic rings. The van der Waals surface area contributed by atoms with Crippen molar-refractivity contribution in [2.75, 3.05) is 4.90 Å². The normalized spacial score (nSPS) is 11.0. The van der Waals surface area contributed by atoms with E-state index in [-0.39, 0.29) is 10.6 Å². The van der Waals surface area contributed by atoms with Crippen LogP contribution in [0.25, 0.3) is 0 Å². The first-order chi connectivity index (χ1) is 7.75. The van der Waals surface area contributed by atoms with Gasteiger partial charge in [-0.2, -0.15) is 0 Å². The molecule has 1 rings (SSSR count). The van der Waals surface area contributed by atoms with Crippen LogP contribution in [0, 0.1) is 0 Å². The van der Waals surface area contributed by atoms with E-state index in [1.54, 1.807) is 0 Å². The lowest BCUT2D eigenvalue weighted by atomic mass is 10.3. The lowest BCUT2D eigenvalue weighted by molar-refractivity contribution is -0.124. The number of amides is 2. The van der Waals surface area contributed by atoms with Crippen molar-refractivity contribution in [3.05, 3.63) is 24.3 Å². The first-order valence-corrected chi connectivity index (χ1v) is 6.91. The molecule has 92 valence electrons. The second kappa shape index (κ2) is 4.85.